The molecule has 0 aliphatic heterocycles. The van der Waals surface area contributed by atoms with Crippen LogP contribution < -0.4 is 0 Å². The number of rotatable bonds is 4. The number of aromatic amines is 1. The Morgan fingerprint density at radius 3 is 2.70 bits per heavy atom. The number of halogens is 2. The first kappa shape index (κ1) is 20.0. The molecule has 3 aliphatic rings. The highest BCUT2D eigenvalue weighted by Crippen LogP contribution is 2.37. The maximum absolute atomic E-state index is 13.8. The third kappa shape index (κ3) is 3.42. The summed E-state index contributed by atoms with van der Waals surface area (Å²) in [6.45, 7) is 4.07. The number of nitrogens with one attached hydrogen (secondary N) is 1. The third-order valence-electron chi connectivity index (χ3n) is 6.64. The molecule has 2 heterocycles. The molecule has 0 saturated heterocycles. The monoisotopic (exact) mass is 444 g/mol. The molecule has 0 aromatic carbocycles. The molecule has 3 aliphatic carbocycles. The molecule has 158 valence electrons. The van der Waals surface area contributed by atoms with Crippen LogP contribution in [0.15, 0.2) is 28.4 Å². The van der Waals surface area contributed by atoms with Crippen molar-refractivity contribution in [1.29, 1.82) is 0 Å². The molecule has 2 aromatic rings. The Labute approximate surface area is 186 Å². The molecule has 1 N–H and O–H groups in total. The molecule has 0 radical (unpaired) electrons. The van der Waals surface area contributed by atoms with Crippen molar-refractivity contribution >= 4 is 34.8 Å². The normalized spacial score (nSPS) is 21.5. The second-order valence-corrected chi connectivity index (χ2v) is 9.60. The van der Waals surface area contributed by atoms with Gasteiger partial charge in [0, 0.05) is 40.4 Å². The maximum atomic E-state index is 13.8. The third-order valence-corrected chi connectivity index (χ3v) is 7.26. The van der Waals surface area contributed by atoms with Crippen molar-refractivity contribution in [3.05, 3.63) is 56.6 Å². The molecule has 1 unspecified atom stereocenters. The van der Waals surface area contributed by atoms with Gasteiger partial charge in [-0.1, -0.05) is 23.2 Å². The molecule has 5 nitrogen and oxygen atoms in total. The predicted octanol–water partition coefficient (Wildman–Crippen LogP) is 5.31. The summed E-state index contributed by atoms with van der Waals surface area (Å²) in [6, 6.07) is 2.62. The Kier molecular flexibility index (Phi) is 5.06. The predicted molar refractivity (Wildman–Crippen MR) is 120 cm³/mol. The highest BCUT2D eigenvalue weighted by atomic mass is 35.5. The number of nitrogens with zero attached hydrogens (tertiary/aromatic N) is 3. The van der Waals surface area contributed by atoms with Crippen LogP contribution in [0.3, 0.4) is 0 Å². The minimum Gasteiger partial charge on any atom is -0.332 e. The van der Waals surface area contributed by atoms with Crippen molar-refractivity contribution in [3.63, 3.8) is 0 Å². The maximum Gasteiger partial charge on any atom is 0.256 e. The number of carbonyl (C=O) groups is 1. The van der Waals surface area contributed by atoms with Crippen LogP contribution in [0.5, 0.6) is 0 Å². The van der Waals surface area contributed by atoms with Gasteiger partial charge in [0.05, 0.1) is 16.3 Å². The topological polar surface area (TPSA) is 53.9 Å². The number of allylic oxidation sites excluding steroid dienone is 4. The zero-order valence-corrected chi connectivity index (χ0v) is 18.9. The second-order valence-electron chi connectivity index (χ2n) is 8.70. The molecule has 1 amide bonds. The first-order valence-electron chi connectivity index (χ1n) is 10.7. The van der Waals surface area contributed by atoms with Crippen LogP contribution in [0.2, 0.25) is 0 Å². The fourth-order valence-electron chi connectivity index (χ4n) is 5.02. The lowest BCUT2D eigenvalue weighted by Gasteiger charge is -2.34. The van der Waals surface area contributed by atoms with Crippen molar-refractivity contribution in [2.75, 3.05) is 0 Å². The average Bonchev–Trinajstić information content (AvgIpc) is 3.34. The summed E-state index contributed by atoms with van der Waals surface area (Å²) in [5.41, 5.74) is 6.20. The van der Waals surface area contributed by atoms with E-state index in [1.165, 1.54) is 5.56 Å². The van der Waals surface area contributed by atoms with E-state index >= 15 is 0 Å². The van der Waals surface area contributed by atoms with Crippen molar-refractivity contribution in [3.8, 4) is 0 Å². The van der Waals surface area contributed by atoms with Gasteiger partial charge in [-0.2, -0.15) is 5.10 Å². The lowest BCUT2D eigenvalue weighted by molar-refractivity contribution is 0.0642. The fourth-order valence-corrected chi connectivity index (χ4v) is 5.59. The molecular weight excluding hydrogens is 419 g/mol. The van der Waals surface area contributed by atoms with E-state index in [1.54, 1.807) is 0 Å². The summed E-state index contributed by atoms with van der Waals surface area (Å²) in [5.74, 6) is 0.148. The van der Waals surface area contributed by atoms with E-state index in [0.29, 0.717) is 11.1 Å². The number of hydrogen-bond donors (Lipinski definition) is 1. The van der Waals surface area contributed by atoms with Gasteiger partial charge in [-0.25, -0.2) is 0 Å². The van der Waals surface area contributed by atoms with Crippen LogP contribution in [0.25, 0.3) is 5.70 Å². The molecular formula is C23H26Cl2N4O. The number of H-pyrrole nitrogens is 1. The number of amides is 1. The van der Waals surface area contributed by atoms with E-state index < -0.39 is 0 Å². The van der Waals surface area contributed by atoms with Crippen molar-refractivity contribution < 1.29 is 4.79 Å². The van der Waals surface area contributed by atoms with E-state index in [2.05, 4.69) is 19.7 Å². The standard InChI is InChI=1S/C23H26Cl2N4O/c1-13-9-19(14(2)28(13)22-8-3-16(24)11-20(22)25)23(30)29(17-4-5-17)18-6-7-21-15(10-18)12-26-27-21/h9,11-12,17-18H,3-8,10H2,1-2H3,(H,26,27). The quantitative estimate of drug-likeness (QED) is 0.693. The lowest BCUT2D eigenvalue weighted by Crippen LogP contribution is -2.45. The van der Waals surface area contributed by atoms with E-state index in [1.807, 2.05) is 32.2 Å². The minimum absolute atomic E-state index is 0.148. The molecule has 0 bridgehead atoms. The van der Waals surface area contributed by atoms with Crippen LogP contribution in [0, 0.1) is 13.8 Å². The zero-order chi connectivity index (χ0) is 21.0. The van der Waals surface area contributed by atoms with Gasteiger partial charge in [-0.05, 0) is 76.5 Å². The van der Waals surface area contributed by atoms with Crippen molar-refractivity contribution in [1.82, 2.24) is 19.7 Å². The summed E-state index contributed by atoms with van der Waals surface area (Å²) in [6.07, 6.45) is 10.3. The number of fused-ring (bicyclic) bond motifs is 1. The SMILES string of the molecule is Cc1cc(C(=O)N(C2CC2)C2CCc3n[nH]cc3C2)c(C)n1C1=C(Cl)C=C(Cl)CC1. The van der Waals surface area contributed by atoms with Crippen LogP contribution in [0.1, 0.15) is 65.1 Å². The Bertz CT molecular complexity index is 1070. The number of aryl methyl sites for hydroxylation is 2. The van der Waals surface area contributed by atoms with E-state index in [4.69, 9.17) is 23.2 Å². The molecule has 1 fully saturated rings. The average molecular weight is 445 g/mol. The van der Waals surface area contributed by atoms with Crippen molar-refractivity contribution in [2.24, 2.45) is 0 Å². The molecule has 30 heavy (non-hydrogen) atoms. The van der Waals surface area contributed by atoms with Gasteiger partial charge in [0.25, 0.3) is 5.91 Å². The van der Waals surface area contributed by atoms with Crippen LogP contribution in [0.4, 0.5) is 0 Å². The summed E-state index contributed by atoms with van der Waals surface area (Å²) in [5, 5.41) is 8.76. The van der Waals surface area contributed by atoms with Crippen molar-refractivity contribution in [2.45, 2.75) is 70.9 Å². The Morgan fingerprint density at radius 1 is 1.17 bits per heavy atom. The molecule has 0 spiro atoms. The molecule has 2 aromatic heterocycles. The summed E-state index contributed by atoms with van der Waals surface area (Å²) in [4.78, 5) is 15.9. The van der Waals surface area contributed by atoms with Gasteiger partial charge in [0.15, 0.2) is 0 Å². The zero-order valence-electron chi connectivity index (χ0n) is 17.3. The number of aromatic nitrogens is 3. The van der Waals surface area contributed by atoms with Gasteiger partial charge in [0.1, 0.15) is 0 Å². The highest BCUT2D eigenvalue weighted by molar-refractivity contribution is 6.36. The largest absolute Gasteiger partial charge is 0.332 e. The fraction of sp³-hybridized carbons (Fsp3) is 0.478. The summed E-state index contributed by atoms with van der Waals surface area (Å²) in [7, 11) is 0. The molecule has 1 saturated carbocycles. The van der Waals surface area contributed by atoms with E-state index in [-0.39, 0.29) is 11.9 Å². The smallest absolute Gasteiger partial charge is 0.256 e. The molecule has 5 rings (SSSR count). The van der Waals surface area contributed by atoms with Gasteiger partial charge < -0.3 is 9.47 Å². The van der Waals surface area contributed by atoms with Crippen LogP contribution in [-0.2, 0) is 12.8 Å². The highest BCUT2D eigenvalue weighted by Gasteiger charge is 2.40. The Morgan fingerprint density at radius 2 is 1.97 bits per heavy atom. The summed E-state index contributed by atoms with van der Waals surface area (Å²) >= 11 is 12.7. The van der Waals surface area contributed by atoms with Gasteiger partial charge in [-0.15, -0.1) is 0 Å². The van der Waals surface area contributed by atoms with Crippen LogP contribution in [-0.4, -0.2) is 37.7 Å². The second kappa shape index (κ2) is 7.61. The van der Waals surface area contributed by atoms with Gasteiger partial charge >= 0.3 is 0 Å². The first-order valence-corrected chi connectivity index (χ1v) is 11.5. The van der Waals surface area contributed by atoms with Gasteiger partial charge in [-0.3, -0.25) is 9.89 Å². The minimum atomic E-state index is 0.148. The summed E-state index contributed by atoms with van der Waals surface area (Å²) < 4.78 is 2.13. The Hall–Kier alpha value is -1.98. The molecule has 1 atom stereocenters. The van der Waals surface area contributed by atoms with Crippen LogP contribution >= 0.6 is 23.2 Å². The number of carbonyl (C=O) groups excluding carboxylic acids is 1. The Balaban J connectivity index is 1.48. The lowest BCUT2D eigenvalue weighted by atomic mass is 9.92. The van der Waals surface area contributed by atoms with E-state index in [9.17, 15) is 4.79 Å². The van der Waals surface area contributed by atoms with E-state index in [0.717, 1.165) is 78.3 Å². The van der Waals surface area contributed by atoms with Gasteiger partial charge in [0.2, 0.25) is 0 Å². The first-order chi connectivity index (χ1) is 14.4. The number of hydrogen-bond acceptors (Lipinski definition) is 2. The molecule has 7 heteroatoms.